The Labute approximate surface area is 394 Å². The number of alkyl carbamates (subject to hydrolysis) is 1. The van der Waals surface area contributed by atoms with Crippen molar-refractivity contribution in [2.24, 2.45) is 7.05 Å². The molecule has 6 aromatic rings. The number of carbonyl (C=O) groups excluding carboxylic acids is 3. The monoisotopic (exact) mass is 940 g/mol. The largest absolute Gasteiger partial charge is 0.508 e. The van der Waals surface area contributed by atoms with Crippen molar-refractivity contribution >= 4 is 56.4 Å². The molecular formula is C50H50F2N10O7. The molecule has 3 unspecified atom stereocenters. The molecule has 2 bridgehead atoms. The topological polar surface area (TPSA) is 198 Å². The molecule has 17 nitrogen and oxygen atoms in total. The van der Waals surface area contributed by atoms with Gasteiger partial charge in [0.1, 0.15) is 47.9 Å². The van der Waals surface area contributed by atoms with Crippen LogP contribution in [0.2, 0.25) is 0 Å². The summed E-state index contributed by atoms with van der Waals surface area (Å²) < 4.78 is 47.4. The number of hydrogen-bond donors (Lipinski definition) is 4. The number of aryl methyl sites for hydroxylation is 1. The molecule has 3 amide bonds. The summed E-state index contributed by atoms with van der Waals surface area (Å²) in [5.41, 5.74) is 1.24. The maximum Gasteiger partial charge on any atom is 0.407 e. The summed E-state index contributed by atoms with van der Waals surface area (Å²) >= 11 is 0. The number of nitrogens with zero attached hydrogens (tertiary/aromatic N) is 7. The summed E-state index contributed by atoms with van der Waals surface area (Å²) in [4.78, 5) is 69.1. The van der Waals surface area contributed by atoms with E-state index in [9.17, 15) is 24.3 Å². The molecule has 3 aromatic carbocycles. The number of imide groups is 1. The van der Waals surface area contributed by atoms with Crippen LogP contribution in [-0.4, -0.2) is 115 Å². The number of rotatable bonds is 11. The van der Waals surface area contributed by atoms with Crippen LogP contribution in [0.1, 0.15) is 68.5 Å². The lowest BCUT2D eigenvalue weighted by Crippen LogP contribution is -2.51. The van der Waals surface area contributed by atoms with Gasteiger partial charge in [-0.1, -0.05) is 18.1 Å². The van der Waals surface area contributed by atoms with Gasteiger partial charge in [0.05, 0.1) is 27.5 Å². The number of aromatic nitrogens is 5. The molecule has 11 rings (SSSR count). The number of halogens is 2. The maximum absolute atomic E-state index is 17.2. The van der Waals surface area contributed by atoms with Gasteiger partial charge in [-0.25, -0.2) is 18.4 Å². The van der Waals surface area contributed by atoms with E-state index >= 15 is 8.78 Å². The van der Waals surface area contributed by atoms with E-state index in [4.69, 9.17) is 20.9 Å². The van der Waals surface area contributed by atoms with Crippen LogP contribution in [0.5, 0.6) is 11.8 Å². The summed E-state index contributed by atoms with van der Waals surface area (Å²) in [6, 6.07) is 10.6. The number of amides is 3. The van der Waals surface area contributed by atoms with Crippen LogP contribution in [0.25, 0.3) is 44.0 Å². The number of phenolic OH excluding ortho intramolecular Hbond substituents is 1. The van der Waals surface area contributed by atoms with E-state index in [1.54, 1.807) is 13.1 Å². The number of nitrogens with one attached hydrogen (secondary N) is 3. The molecule has 0 spiro atoms. The highest BCUT2D eigenvalue weighted by atomic mass is 19.1. The minimum atomic E-state index is -0.787. The third-order valence-corrected chi connectivity index (χ3v) is 14.9. The molecule has 0 saturated carbocycles. The molecule has 0 radical (unpaired) electrons. The molecule has 5 atom stereocenters. The van der Waals surface area contributed by atoms with Crippen molar-refractivity contribution < 1.29 is 37.7 Å². The lowest BCUT2D eigenvalue weighted by atomic mass is 9.95. The first-order chi connectivity index (χ1) is 33.4. The second-order valence-electron chi connectivity index (χ2n) is 19.0. The fourth-order valence-electron chi connectivity index (χ4n) is 11.6. The first-order valence-electron chi connectivity index (χ1n) is 23.5. The lowest BCUT2D eigenvalue weighted by molar-refractivity contribution is -0.135. The molecule has 5 fully saturated rings. The van der Waals surface area contributed by atoms with Gasteiger partial charge < -0.3 is 30.1 Å². The number of aromatic hydroxyl groups is 1. The number of hydrogen-bond acceptors (Lipinski definition) is 13. The average Bonchev–Trinajstić information content (AvgIpc) is 4.08. The van der Waals surface area contributed by atoms with Gasteiger partial charge in [-0.3, -0.25) is 33.9 Å². The van der Waals surface area contributed by atoms with E-state index in [0.717, 1.165) is 50.6 Å². The van der Waals surface area contributed by atoms with Crippen LogP contribution in [0.3, 0.4) is 0 Å². The SMILES string of the molecule is C#Cc1c(F)ccc2cc(O)cc(-c3ncc4c(N5CC6CCC(C5)N6)nc(OC[C@@]56CCCN5[C@H](COC(=O)NCCc5ccc7c(c5)n(C)c(=O)n7C5CCC(=O)NC5=O)CC6)nc4c3F)c12. The van der Waals surface area contributed by atoms with Gasteiger partial charge in [0, 0.05) is 68.4 Å². The predicted molar refractivity (Wildman–Crippen MR) is 251 cm³/mol. The van der Waals surface area contributed by atoms with Crippen LogP contribution >= 0.6 is 0 Å². The van der Waals surface area contributed by atoms with Crippen molar-refractivity contribution in [3.63, 3.8) is 0 Å². The zero-order valence-corrected chi connectivity index (χ0v) is 37.9. The van der Waals surface area contributed by atoms with E-state index in [1.165, 1.54) is 39.6 Å². The van der Waals surface area contributed by atoms with Crippen molar-refractivity contribution in [3.05, 3.63) is 81.9 Å². The number of fused-ring (bicyclic) bond motifs is 6. The Morgan fingerprint density at radius 3 is 2.65 bits per heavy atom. The normalized spacial score (nSPS) is 23.4. The van der Waals surface area contributed by atoms with E-state index in [2.05, 4.69) is 41.6 Å². The number of piperidine rings is 1. The molecule has 69 heavy (non-hydrogen) atoms. The highest BCUT2D eigenvalue weighted by Crippen LogP contribution is 2.44. The number of terminal acetylenes is 1. The zero-order valence-electron chi connectivity index (χ0n) is 37.9. The average molecular weight is 941 g/mol. The highest BCUT2D eigenvalue weighted by Gasteiger charge is 2.50. The van der Waals surface area contributed by atoms with Gasteiger partial charge in [0.15, 0.2) is 5.82 Å². The van der Waals surface area contributed by atoms with Gasteiger partial charge in [-0.15, -0.1) is 6.42 Å². The lowest BCUT2D eigenvalue weighted by Gasteiger charge is -2.35. The highest BCUT2D eigenvalue weighted by molar-refractivity contribution is 6.03. The van der Waals surface area contributed by atoms with Gasteiger partial charge in [-0.2, -0.15) is 9.97 Å². The predicted octanol–water partition coefficient (Wildman–Crippen LogP) is 4.73. The first-order valence-corrected chi connectivity index (χ1v) is 23.5. The molecule has 0 aliphatic carbocycles. The molecule has 19 heteroatoms. The fourth-order valence-corrected chi connectivity index (χ4v) is 11.6. The van der Waals surface area contributed by atoms with E-state index in [1.807, 2.05) is 12.1 Å². The van der Waals surface area contributed by atoms with Crippen LogP contribution in [0, 0.1) is 24.0 Å². The smallest absolute Gasteiger partial charge is 0.407 e. The summed E-state index contributed by atoms with van der Waals surface area (Å²) in [5, 5.41) is 20.6. The quantitative estimate of drug-likeness (QED) is 0.103. The van der Waals surface area contributed by atoms with E-state index < -0.39 is 29.7 Å². The molecule has 5 aliphatic heterocycles. The second-order valence-corrected chi connectivity index (χ2v) is 19.0. The number of piperazine rings is 1. The van der Waals surface area contributed by atoms with Crippen LogP contribution in [0.15, 0.2) is 53.5 Å². The minimum absolute atomic E-state index is 0.00381. The Balaban J connectivity index is 0.781. The van der Waals surface area contributed by atoms with Crippen LogP contribution < -0.4 is 31.3 Å². The number of phenols is 1. The summed E-state index contributed by atoms with van der Waals surface area (Å²) in [6.07, 6.45) is 12.9. The third kappa shape index (κ3) is 7.84. The fraction of sp³-hybridized carbons (Fsp3) is 0.420. The van der Waals surface area contributed by atoms with Gasteiger partial charge in [-0.05, 0) is 99.2 Å². The summed E-state index contributed by atoms with van der Waals surface area (Å²) in [6.45, 7) is 2.77. The van der Waals surface area contributed by atoms with E-state index in [0.29, 0.717) is 47.1 Å². The van der Waals surface area contributed by atoms with Crippen molar-refractivity contribution in [2.75, 3.05) is 44.3 Å². The van der Waals surface area contributed by atoms with Crippen molar-refractivity contribution in [2.45, 2.75) is 87.5 Å². The number of ether oxygens (including phenoxy) is 2. The van der Waals surface area contributed by atoms with Crippen molar-refractivity contribution in [1.29, 1.82) is 0 Å². The van der Waals surface area contributed by atoms with Gasteiger partial charge in [0.2, 0.25) is 11.8 Å². The number of imidazole rings is 1. The Kier molecular flexibility index (Phi) is 11.2. The third-order valence-electron chi connectivity index (χ3n) is 14.9. The summed E-state index contributed by atoms with van der Waals surface area (Å²) in [5.74, 6) is 0.435. The molecule has 356 valence electrons. The van der Waals surface area contributed by atoms with Gasteiger partial charge in [0.25, 0.3) is 0 Å². The number of benzene rings is 3. The minimum Gasteiger partial charge on any atom is -0.508 e. The summed E-state index contributed by atoms with van der Waals surface area (Å²) in [7, 11) is 1.64. The Hall–Kier alpha value is -7.17. The molecule has 8 heterocycles. The second kappa shape index (κ2) is 17.4. The van der Waals surface area contributed by atoms with Crippen LogP contribution in [-0.2, 0) is 27.8 Å². The number of anilines is 1. The standard InChI is InChI=1S/C50H50F2N10O7/c1-3-33-36(51)9-6-28-20-32(63)21-34(41(28)33)43-42(52)44-35(22-54-43)45(60-23-29-7-8-30(24-60)55-29)58-47(57-44)69-26-50-15-4-18-61(50)31(13-16-50)25-68-48(66)53-17-14-27-5-10-37-39(19-27)59(2)49(67)62(37)38-11-12-40(64)56-46(38)65/h1,5-6,9-10,19-22,29-31,38,55,63H,4,7-8,11-18,23-26H2,2H3,(H,53,66)(H,56,64,65)/t29?,30?,31-,38?,50-/m0/s1. The molecular weight excluding hydrogens is 891 g/mol. The Bertz CT molecular complexity index is 3210. The molecule has 4 N–H and O–H groups in total. The number of pyridine rings is 1. The van der Waals surface area contributed by atoms with Crippen molar-refractivity contribution in [1.82, 2.24) is 44.9 Å². The first kappa shape index (κ1) is 44.3. The maximum atomic E-state index is 17.2. The Morgan fingerprint density at radius 1 is 1.03 bits per heavy atom. The molecule has 3 aromatic heterocycles. The molecule has 5 saturated heterocycles. The molecule has 5 aliphatic rings. The van der Waals surface area contributed by atoms with Crippen LogP contribution in [0.4, 0.5) is 19.4 Å². The Morgan fingerprint density at radius 2 is 1.86 bits per heavy atom. The van der Waals surface area contributed by atoms with Gasteiger partial charge >= 0.3 is 17.8 Å². The van der Waals surface area contributed by atoms with E-state index in [-0.39, 0.29) is 107 Å². The van der Waals surface area contributed by atoms with Crippen molar-refractivity contribution in [3.8, 4) is 35.4 Å². The zero-order chi connectivity index (χ0) is 47.7. The number of carbonyl (C=O) groups is 3.